The van der Waals surface area contributed by atoms with Crippen molar-refractivity contribution in [2.24, 2.45) is 52.3 Å². The van der Waals surface area contributed by atoms with Crippen LogP contribution in [-0.2, 0) is 14.3 Å². The molecule has 0 aromatic carbocycles. The molecule has 11 atom stereocenters. The van der Waals surface area contributed by atoms with Crippen molar-refractivity contribution in [3.63, 3.8) is 0 Å². The van der Waals surface area contributed by atoms with Crippen LogP contribution in [0.1, 0.15) is 106 Å². The highest BCUT2D eigenvalue weighted by molar-refractivity contribution is 5.69. The van der Waals surface area contributed by atoms with Gasteiger partial charge in [-0.15, -0.1) is 0 Å². The predicted octanol–water partition coefficient (Wildman–Crippen LogP) is 6.59. The van der Waals surface area contributed by atoms with Crippen LogP contribution in [0.5, 0.6) is 0 Å². The van der Waals surface area contributed by atoms with Crippen molar-refractivity contribution in [1.82, 2.24) is 0 Å². The third kappa shape index (κ3) is 4.53. The maximum Gasteiger partial charge on any atom is 0.308 e. The second kappa shape index (κ2) is 9.80. The van der Waals surface area contributed by atoms with Crippen LogP contribution in [0.15, 0.2) is 0 Å². The Morgan fingerprint density at radius 2 is 1.82 bits per heavy atom. The molecule has 0 bridgehead atoms. The maximum absolute atomic E-state index is 12.3. The number of carbonyl (C=O) groups is 1. The smallest absolute Gasteiger partial charge is 0.308 e. The molecule has 4 aliphatic carbocycles. The average Bonchev–Trinajstić information content (AvgIpc) is 3.12. The summed E-state index contributed by atoms with van der Waals surface area (Å²) in [5, 5.41) is 10.3. The molecule has 0 aromatic heterocycles. The zero-order valence-electron chi connectivity index (χ0n) is 22.1. The van der Waals surface area contributed by atoms with Crippen LogP contribution in [0, 0.1) is 52.3 Å². The van der Waals surface area contributed by atoms with Crippen LogP contribution in [0.4, 0.5) is 0 Å². The zero-order valence-corrected chi connectivity index (χ0v) is 22.1. The van der Waals surface area contributed by atoms with E-state index >= 15 is 0 Å². The molecule has 1 N–H and O–H groups in total. The summed E-state index contributed by atoms with van der Waals surface area (Å²) in [5.41, 5.74) is 0.822. The van der Waals surface area contributed by atoms with Gasteiger partial charge in [0.25, 0.3) is 0 Å². The molecule has 0 saturated heterocycles. The highest BCUT2D eigenvalue weighted by Gasteiger charge is 2.62. The Morgan fingerprint density at radius 1 is 1.06 bits per heavy atom. The minimum Gasteiger partial charge on any atom is -0.436 e. The lowest BCUT2D eigenvalue weighted by molar-refractivity contribution is -0.174. The van der Waals surface area contributed by atoms with E-state index in [1.807, 2.05) is 6.92 Å². The third-order valence-corrected chi connectivity index (χ3v) is 11.5. The quantitative estimate of drug-likeness (QED) is 0.342. The minimum absolute atomic E-state index is 0.0640. The Balaban J connectivity index is 1.43. The summed E-state index contributed by atoms with van der Waals surface area (Å²) in [5.74, 6) is 5.10. The topological polar surface area (TPSA) is 55.8 Å². The summed E-state index contributed by atoms with van der Waals surface area (Å²) in [7, 11) is 0. The molecule has 0 aromatic rings. The van der Waals surface area contributed by atoms with Gasteiger partial charge in [-0.05, 0) is 124 Å². The fourth-order valence-electron chi connectivity index (χ4n) is 9.60. The van der Waals surface area contributed by atoms with Gasteiger partial charge in [-0.2, -0.15) is 0 Å². The Labute approximate surface area is 202 Å². The molecule has 33 heavy (non-hydrogen) atoms. The van der Waals surface area contributed by atoms with Gasteiger partial charge >= 0.3 is 5.97 Å². The first-order valence-electron chi connectivity index (χ1n) is 14.1. The Morgan fingerprint density at radius 3 is 2.55 bits per heavy atom. The van der Waals surface area contributed by atoms with Crippen LogP contribution in [0.25, 0.3) is 0 Å². The molecule has 0 amide bonds. The van der Waals surface area contributed by atoms with Gasteiger partial charge in [0.1, 0.15) is 0 Å². The molecule has 0 aliphatic heterocycles. The van der Waals surface area contributed by atoms with Crippen molar-refractivity contribution in [2.45, 2.75) is 118 Å². The number of ether oxygens (including phenoxy) is 2. The van der Waals surface area contributed by atoms with Gasteiger partial charge in [0.05, 0.1) is 6.10 Å². The summed E-state index contributed by atoms with van der Waals surface area (Å²) in [6, 6.07) is 0. The lowest BCUT2D eigenvalue weighted by Crippen LogP contribution is -2.56. The summed E-state index contributed by atoms with van der Waals surface area (Å²) in [6.07, 6.45) is 10.9. The van der Waals surface area contributed by atoms with E-state index in [4.69, 9.17) is 9.47 Å². The average molecular weight is 463 g/mol. The van der Waals surface area contributed by atoms with Crippen molar-refractivity contribution in [3.8, 4) is 0 Å². The van der Waals surface area contributed by atoms with E-state index < -0.39 is 6.29 Å². The molecule has 0 spiro atoms. The Hall–Kier alpha value is -0.610. The van der Waals surface area contributed by atoms with E-state index in [1.54, 1.807) is 6.92 Å². The summed E-state index contributed by atoms with van der Waals surface area (Å²) >= 11 is 0. The van der Waals surface area contributed by atoms with Gasteiger partial charge in [-0.3, -0.25) is 4.79 Å². The van der Waals surface area contributed by atoms with E-state index in [-0.39, 0.29) is 12.1 Å². The van der Waals surface area contributed by atoms with Gasteiger partial charge in [0.15, 0.2) is 6.29 Å². The molecule has 4 heteroatoms. The predicted molar refractivity (Wildman–Crippen MR) is 131 cm³/mol. The number of hydrogen-bond acceptors (Lipinski definition) is 4. The van der Waals surface area contributed by atoms with Gasteiger partial charge < -0.3 is 14.6 Å². The first-order valence-corrected chi connectivity index (χ1v) is 14.1. The number of esters is 1. The third-order valence-electron chi connectivity index (χ3n) is 11.5. The second-order valence-electron chi connectivity index (χ2n) is 12.8. The molecule has 4 saturated carbocycles. The Kier molecular flexibility index (Phi) is 7.57. The molecule has 4 aliphatic rings. The highest BCUT2D eigenvalue weighted by Crippen LogP contribution is 2.69. The monoisotopic (exact) mass is 462 g/mol. The second-order valence-corrected chi connectivity index (χ2v) is 12.8. The number of aliphatic hydroxyl groups excluding tert-OH is 1. The largest absolute Gasteiger partial charge is 0.436 e. The number of rotatable bonds is 7. The van der Waals surface area contributed by atoms with Crippen molar-refractivity contribution in [3.05, 3.63) is 0 Å². The number of aliphatic hydroxyl groups is 1. The summed E-state index contributed by atoms with van der Waals surface area (Å²) in [4.78, 5) is 12.3. The van der Waals surface area contributed by atoms with Crippen LogP contribution in [0.3, 0.4) is 0 Å². The van der Waals surface area contributed by atoms with Crippen LogP contribution in [-0.4, -0.2) is 30.1 Å². The number of carbonyl (C=O) groups excluding carboxylic acids is 1. The van der Waals surface area contributed by atoms with E-state index in [1.165, 1.54) is 38.5 Å². The molecule has 0 heterocycles. The lowest BCUT2D eigenvalue weighted by atomic mass is 9.42. The normalized spacial score (nSPS) is 46.6. The number of fused-ring (bicyclic) bond motifs is 5. The molecular formula is C29H50O4. The van der Waals surface area contributed by atoms with Crippen LogP contribution in [0.2, 0.25) is 0 Å². The maximum atomic E-state index is 12.3. The number of hydrogen-bond donors (Lipinski definition) is 1. The van der Waals surface area contributed by atoms with Gasteiger partial charge in [-0.25, -0.2) is 0 Å². The molecule has 190 valence electrons. The standard InChI is InChI=1S/C29H50O4/c1-7-32-20(4)33-27(31)13-8-18(2)24-11-12-25-23-10-9-21-17-22(30)14-15-28(21,5)26(23)16-19(3)29(24,25)6/h18-26,30H,7-17H2,1-6H3. The van der Waals surface area contributed by atoms with Crippen LogP contribution < -0.4 is 0 Å². The van der Waals surface area contributed by atoms with Gasteiger partial charge in [-0.1, -0.05) is 27.7 Å². The zero-order chi connectivity index (χ0) is 24.0. The van der Waals surface area contributed by atoms with Crippen LogP contribution >= 0.6 is 0 Å². The summed E-state index contributed by atoms with van der Waals surface area (Å²) < 4.78 is 10.8. The van der Waals surface area contributed by atoms with Gasteiger partial charge in [0, 0.05) is 13.0 Å². The molecule has 4 rings (SSSR count). The minimum atomic E-state index is -0.445. The SMILES string of the molecule is CCOC(C)OC(=O)CCC(C)C1CCC2C3CCC4CC(O)CCC4(C)C3CC(C)C12C. The first-order chi connectivity index (χ1) is 15.6. The van der Waals surface area contributed by atoms with Crippen molar-refractivity contribution in [1.29, 1.82) is 0 Å². The molecule has 4 nitrogen and oxygen atoms in total. The molecule has 0 radical (unpaired) electrons. The van der Waals surface area contributed by atoms with E-state index in [0.717, 1.165) is 48.9 Å². The summed E-state index contributed by atoms with van der Waals surface area (Å²) in [6.45, 7) is 14.4. The van der Waals surface area contributed by atoms with Crippen molar-refractivity contribution < 1.29 is 19.4 Å². The fraction of sp³-hybridized carbons (Fsp3) is 0.966. The Bertz CT molecular complexity index is 693. The fourth-order valence-corrected chi connectivity index (χ4v) is 9.60. The van der Waals surface area contributed by atoms with Gasteiger partial charge in [0.2, 0.25) is 0 Å². The first kappa shape index (κ1) is 25.5. The molecular weight excluding hydrogens is 412 g/mol. The van der Waals surface area contributed by atoms with Crippen molar-refractivity contribution >= 4 is 5.97 Å². The van der Waals surface area contributed by atoms with Crippen molar-refractivity contribution in [2.75, 3.05) is 6.61 Å². The lowest BCUT2D eigenvalue weighted by Gasteiger charge is -2.63. The van der Waals surface area contributed by atoms with E-state index in [9.17, 15) is 9.90 Å². The highest BCUT2D eigenvalue weighted by atomic mass is 16.7. The van der Waals surface area contributed by atoms with E-state index in [0.29, 0.717) is 35.7 Å². The molecule has 11 unspecified atom stereocenters. The molecule has 4 fully saturated rings. The van der Waals surface area contributed by atoms with E-state index in [2.05, 4.69) is 27.7 Å².